The molecule has 1 aliphatic heterocycles. The second-order valence-electron chi connectivity index (χ2n) is 5.04. The molecule has 2 aliphatic rings. The summed E-state index contributed by atoms with van der Waals surface area (Å²) in [6.45, 7) is 8.16. The van der Waals surface area contributed by atoms with E-state index >= 15 is 0 Å². The molecule has 0 aromatic rings. The molecule has 3 atom stereocenters. The summed E-state index contributed by atoms with van der Waals surface area (Å²) in [6, 6.07) is 0.726. The summed E-state index contributed by atoms with van der Waals surface area (Å²) in [7, 11) is 0. The lowest BCUT2D eigenvalue weighted by atomic mass is 9.93. The van der Waals surface area contributed by atoms with Crippen LogP contribution in [-0.4, -0.2) is 30.6 Å². The summed E-state index contributed by atoms with van der Waals surface area (Å²) in [4.78, 5) is 2.62. The highest BCUT2D eigenvalue weighted by Crippen LogP contribution is 2.42. The summed E-state index contributed by atoms with van der Waals surface area (Å²) in [5, 5.41) is 0. The zero-order valence-corrected chi connectivity index (χ0v) is 8.87. The van der Waals surface area contributed by atoms with E-state index in [1.165, 1.54) is 25.9 Å². The van der Waals surface area contributed by atoms with Crippen LogP contribution in [0.1, 0.15) is 26.7 Å². The Morgan fingerprint density at radius 2 is 2.08 bits per heavy atom. The van der Waals surface area contributed by atoms with Gasteiger partial charge in [-0.2, -0.15) is 0 Å². The van der Waals surface area contributed by atoms with Gasteiger partial charge >= 0.3 is 0 Å². The van der Waals surface area contributed by atoms with Crippen LogP contribution in [0.3, 0.4) is 0 Å². The molecule has 2 fully saturated rings. The standard InChI is InChI=1S/C11H22N2/c1-8(2)13-6-10-4-3-9(5-12)11(10)7-13/h8-11H,3-7,12H2,1-2H3/t9-,10+,11+/m0/s1. The molecule has 76 valence electrons. The predicted molar refractivity (Wildman–Crippen MR) is 55.5 cm³/mol. The Bertz CT molecular complexity index is 179. The molecule has 0 radical (unpaired) electrons. The molecule has 0 unspecified atom stereocenters. The first-order valence-corrected chi connectivity index (χ1v) is 5.66. The normalized spacial score (nSPS) is 40.2. The number of hydrogen-bond acceptors (Lipinski definition) is 2. The van der Waals surface area contributed by atoms with Crippen LogP contribution in [0.5, 0.6) is 0 Å². The number of nitrogens with zero attached hydrogens (tertiary/aromatic N) is 1. The highest BCUT2D eigenvalue weighted by atomic mass is 15.2. The molecule has 0 bridgehead atoms. The highest BCUT2D eigenvalue weighted by molar-refractivity contribution is 4.94. The lowest BCUT2D eigenvalue weighted by Crippen LogP contribution is -2.30. The minimum absolute atomic E-state index is 0.726. The lowest BCUT2D eigenvalue weighted by molar-refractivity contribution is 0.242. The number of hydrogen-bond donors (Lipinski definition) is 1. The number of rotatable bonds is 2. The van der Waals surface area contributed by atoms with Crippen LogP contribution in [0.4, 0.5) is 0 Å². The molecule has 1 aliphatic carbocycles. The van der Waals surface area contributed by atoms with Gasteiger partial charge in [0.2, 0.25) is 0 Å². The van der Waals surface area contributed by atoms with Crippen molar-refractivity contribution in [3.8, 4) is 0 Å². The SMILES string of the molecule is CC(C)N1C[C@H]2CC[C@@H](CN)[C@H]2C1. The smallest absolute Gasteiger partial charge is 0.00388 e. The minimum Gasteiger partial charge on any atom is -0.330 e. The maximum Gasteiger partial charge on any atom is 0.00388 e. The average Bonchev–Trinajstić information content (AvgIpc) is 2.60. The van der Waals surface area contributed by atoms with Crippen molar-refractivity contribution in [3.05, 3.63) is 0 Å². The van der Waals surface area contributed by atoms with Gasteiger partial charge in [-0.15, -0.1) is 0 Å². The van der Waals surface area contributed by atoms with E-state index in [-0.39, 0.29) is 0 Å². The molecule has 1 saturated heterocycles. The molecule has 2 rings (SSSR count). The topological polar surface area (TPSA) is 29.3 Å². The zero-order chi connectivity index (χ0) is 9.42. The van der Waals surface area contributed by atoms with Gasteiger partial charge in [-0.05, 0) is 51.0 Å². The highest BCUT2D eigenvalue weighted by Gasteiger charge is 2.42. The van der Waals surface area contributed by atoms with Crippen molar-refractivity contribution < 1.29 is 0 Å². The van der Waals surface area contributed by atoms with Crippen molar-refractivity contribution in [2.45, 2.75) is 32.7 Å². The van der Waals surface area contributed by atoms with Gasteiger partial charge in [-0.1, -0.05) is 0 Å². The molecule has 13 heavy (non-hydrogen) atoms. The maximum absolute atomic E-state index is 5.79. The average molecular weight is 182 g/mol. The van der Waals surface area contributed by atoms with Crippen molar-refractivity contribution in [1.29, 1.82) is 0 Å². The molecule has 0 spiro atoms. The second-order valence-corrected chi connectivity index (χ2v) is 5.04. The van der Waals surface area contributed by atoms with Crippen LogP contribution in [-0.2, 0) is 0 Å². The second kappa shape index (κ2) is 3.58. The Labute approximate surface area is 81.5 Å². The van der Waals surface area contributed by atoms with Gasteiger partial charge in [0, 0.05) is 19.1 Å². The summed E-state index contributed by atoms with van der Waals surface area (Å²) in [6.07, 6.45) is 2.81. The van der Waals surface area contributed by atoms with E-state index in [0.717, 1.165) is 30.3 Å². The van der Waals surface area contributed by atoms with Crippen LogP contribution < -0.4 is 5.73 Å². The van der Waals surface area contributed by atoms with Gasteiger partial charge in [0.05, 0.1) is 0 Å². The van der Waals surface area contributed by atoms with E-state index < -0.39 is 0 Å². The molecule has 2 N–H and O–H groups in total. The molecule has 1 saturated carbocycles. The first kappa shape index (κ1) is 9.47. The van der Waals surface area contributed by atoms with E-state index in [1.807, 2.05) is 0 Å². The zero-order valence-electron chi connectivity index (χ0n) is 8.87. The van der Waals surface area contributed by atoms with Crippen LogP contribution >= 0.6 is 0 Å². The van der Waals surface area contributed by atoms with Gasteiger partial charge in [0.15, 0.2) is 0 Å². The van der Waals surface area contributed by atoms with Crippen molar-refractivity contribution in [3.63, 3.8) is 0 Å². The number of fused-ring (bicyclic) bond motifs is 1. The third-order valence-electron chi connectivity index (χ3n) is 4.07. The first-order valence-electron chi connectivity index (χ1n) is 5.66. The maximum atomic E-state index is 5.79. The Hall–Kier alpha value is -0.0800. The summed E-state index contributed by atoms with van der Waals surface area (Å²) in [5.41, 5.74) is 5.79. The van der Waals surface area contributed by atoms with Crippen LogP contribution in [0.25, 0.3) is 0 Å². The largest absolute Gasteiger partial charge is 0.330 e. The Morgan fingerprint density at radius 1 is 1.31 bits per heavy atom. The van der Waals surface area contributed by atoms with Crippen molar-refractivity contribution in [1.82, 2.24) is 4.90 Å². The molecule has 0 aromatic carbocycles. The van der Waals surface area contributed by atoms with Gasteiger partial charge in [-0.3, -0.25) is 0 Å². The van der Waals surface area contributed by atoms with Crippen molar-refractivity contribution >= 4 is 0 Å². The molecule has 0 amide bonds. The van der Waals surface area contributed by atoms with Crippen LogP contribution in [0.2, 0.25) is 0 Å². The van der Waals surface area contributed by atoms with Gasteiger partial charge < -0.3 is 10.6 Å². The molecule has 2 heteroatoms. The molecule has 0 aromatic heterocycles. The van der Waals surface area contributed by atoms with Gasteiger partial charge in [-0.25, -0.2) is 0 Å². The first-order chi connectivity index (χ1) is 6.22. The van der Waals surface area contributed by atoms with Crippen molar-refractivity contribution in [2.24, 2.45) is 23.5 Å². The summed E-state index contributed by atoms with van der Waals surface area (Å²) in [5.74, 6) is 2.72. The third kappa shape index (κ3) is 1.62. The Kier molecular flexibility index (Phi) is 2.61. The molecular formula is C11H22N2. The van der Waals surface area contributed by atoms with E-state index in [1.54, 1.807) is 0 Å². The third-order valence-corrected chi connectivity index (χ3v) is 4.07. The minimum atomic E-state index is 0.726. The quantitative estimate of drug-likeness (QED) is 0.697. The Morgan fingerprint density at radius 3 is 2.69 bits per heavy atom. The van der Waals surface area contributed by atoms with E-state index in [2.05, 4.69) is 18.7 Å². The fourth-order valence-electron chi connectivity index (χ4n) is 3.13. The summed E-state index contributed by atoms with van der Waals surface area (Å²) < 4.78 is 0. The van der Waals surface area contributed by atoms with E-state index in [9.17, 15) is 0 Å². The molecule has 1 heterocycles. The fourth-order valence-corrected chi connectivity index (χ4v) is 3.13. The number of nitrogens with two attached hydrogens (primary N) is 1. The van der Waals surface area contributed by atoms with Gasteiger partial charge in [0.25, 0.3) is 0 Å². The fraction of sp³-hybridized carbons (Fsp3) is 1.00. The van der Waals surface area contributed by atoms with E-state index in [0.29, 0.717) is 0 Å². The predicted octanol–water partition coefficient (Wildman–Crippen LogP) is 1.31. The van der Waals surface area contributed by atoms with Gasteiger partial charge in [0.1, 0.15) is 0 Å². The Balaban J connectivity index is 1.97. The molecular weight excluding hydrogens is 160 g/mol. The van der Waals surface area contributed by atoms with Crippen LogP contribution in [0, 0.1) is 17.8 Å². The lowest BCUT2D eigenvalue weighted by Gasteiger charge is -2.22. The molecule has 2 nitrogen and oxygen atoms in total. The van der Waals surface area contributed by atoms with Crippen molar-refractivity contribution in [2.75, 3.05) is 19.6 Å². The summed E-state index contributed by atoms with van der Waals surface area (Å²) >= 11 is 0. The van der Waals surface area contributed by atoms with Crippen LogP contribution in [0.15, 0.2) is 0 Å². The van der Waals surface area contributed by atoms with E-state index in [4.69, 9.17) is 5.73 Å². The number of likely N-dealkylation sites (tertiary alicyclic amines) is 1. The monoisotopic (exact) mass is 182 g/mol.